The van der Waals surface area contributed by atoms with Gasteiger partial charge in [0.05, 0.1) is 18.0 Å². The van der Waals surface area contributed by atoms with Crippen molar-refractivity contribution in [2.45, 2.75) is 23.4 Å². The normalized spacial score (nSPS) is 15.9. The number of pyridine rings is 1. The van der Waals surface area contributed by atoms with Crippen LogP contribution in [0.5, 0.6) is 0 Å². The maximum Gasteiger partial charge on any atom is 0.246 e. The van der Waals surface area contributed by atoms with Crippen LogP contribution >= 0.6 is 11.3 Å². The molecule has 1 aliphatic heterocycles. The molecule has 0 aliphatic carbocycles. The van der Waals surface area contributed by atoms with E-state index in [2.05, 4.69) is 10.3 Å². The zero-order valence-electron chi connectivity index (χ0n) is 23.2. The molecule has 1 saturated heterocycles. The average Bonchev–Trinajstić information content (AvgIpc) is 3.58. The van der Waals surface area contributed by atoms with Gasteiger partial charge in [-0.05, 0) is 34.7 Å². The van der Waals surface area contributed by atoms with E-state index >= 15 is 0 Å². The fourth-order valence-electron chi connectivity index (χ4n) is 5.53. The Balaban J connectivity index is 1.35. The van der Waals surface area contributed by atoms with Crippen LogP contribution in [0, 0.1) is 0 Å². The third kappa shape index (κ3) is 5.94. The van der Waals surface area contributed by atoms with Gasteiger partial charge in [-0.2, -0.15) is 4.31 Å². The molecule has 3 heterocycles. The van der Waals surface area contributed by atoms with E-state index in [0.717, 1.165) is 16.0 Å². The highest BCUT2D eigenvalue weighted by molar-refractivity contribution is 7.89. The molecule has 43 heavy (non-hydrogen) atoms. The Morgan fingerprint density at radius 3 is 2.23 bits per heavy atom. The lowest BCUT2D eigenvalue weighted by molar-refractivity contribution is -0.136. The Morgan fingerprint density at radius 2 is 1.56 bits per heavy atom. The predicted octanol–water partition coefficient (Wildman–Crippen LogP) is 4.65. The molecule has 6 rings (SSSR count). The monoisotopic (exact) mass is 610 g/mol. The Bertz CT molecular complexity index is 1790. The summed E-state index contributed by atoms with van der Waals surface area (Å²) >= 11 is 1.50. The molecule has 8 nitrogen and oxygen atoms in total. The van der Waals surface area contributed by atoms with Crippen LogP contribution in [-0.2, 0) is 26.2 Å². The molecule has 2 aromatic heterocycles. The number of sulfonamides is 1. The number of piperazine rings is 1. The lowest BCUT2D eigenvalue weighted by Gasteiger charge is -2.40. The number of nitrogens with one attached hydrogen (secondary N) is 1. The van der Waals surface area contributed by atoms with Crippen LogP contribution < -0.4 is 5.32 Å². The summed E-state index contributed by atoms with van der Waals surface area (Å²) in [6.45, 7) is 0.288. The van der Waals surface area contributed by atoms with E-state index in [4.69, 9.17) is 0 Å². The van der Waals surface area contributed by atoms with Crippen LogP contribution in [-0.4, -0.2) is 60.1 Å². The van der Waals surface area contributed by atoms with Crippen molar-refractivity contribution in [2.75, 3.05) is 19.6 Å². The zero-order valence-corrected chi connectivity index (χ0v) is 24.9. The second kappa shape index (κ2) is 12.5. The molecule has 1 aliphatic rings. The number of thiophene rings is 1. The molecule has 1 fully saturated rings. The van der Waals surface area contributed by atoms with Gasteiger partial charge in [0.25, 0.3) is 0 Å². The fraction of sp³-hybridized carbons (Fsp3) is 0.182. The van der Waals surface area contributed by atoms with E-state index in [1.165, 1.54) is 21.7 Å². The largest absolute Gasteiger partial charge is 0.350 e. The summed E-state index contributed by atoms with van der Waals surface area (Å²) in [5.74, 6) is -1.24. The third-order valence-electron chi connectivity index (χ3n) is 7.66. The van der Waals surface area contributed by atoms with Crippen molar-refractivity contribution in [3.8, 4) is 0 Å². The van der Waals surface area contributed by atoms with Crippen molar-refractivity contribution in [3.05, 3.63) is 131 Å². The summed E-state index contributed by atoms with van der Waals surface area (Å²) in [4.78, 5) is 34.9. The minimum Gasteiger partial charge on any atom is -0.350 e. The number of hydrogen-bond acceptors (Lipinski definition) is 6. The van der Waals surface area contributed by atoms with Crippen LogP contribution in [0.3, 0.4) is 0 Å². The van der Waals surface area contributed by atoms with Gasteiger partial charge in [-0.25, -0.2) is 8.42 Å². The maximum absolute atomic E-state index is 14.2. The molecular formula is C33H30N4O4S2. The van der Waals surface area contributed by atoms with E-state index in [0.29, 0.717) is 10.9 Å². The summed E-state index contributed by atoms with van der Waals surface area (Å²) < 4.78 is 29.6. The molecule has 0 saturated carbocycles. The average molecular weight is 611 g/mol. The van der Waals surface area contributed by atoms with Gasteiger partial charge in [-0.15, -0.1) is 11.3 Å². The number of nitrogens with zero attached hydrogens (tertiary/aromatic N) is 3. The van der Waals surface area contributed by atoms with Crippen molar-refractivity contribution < 1.29 is 18.0 Å². The zero-order chi connectivity index (χ0) is 29.8. The van der Waals surface area contributed by atoms with E-state index in [9.17, 15) is 18.0 Å². The highest BCUT2D eigenvalue weighted by Crippen LogP contribution is 2.31. The first-order valence-corrected chi connectivity index (χ1v) is 16.3. The van der Waals surface area contributed by atoms with Gasteiger partial charge in [0.1, 0.15) is 10.9 Å². The van der Waals surface area contributed by atoms with Crippen LogP contribution in [0.2, 0.25) is 0 Å². The lowest BCUT2D eigenvalue weighted by Crippen LogP contribution is -2.61. The molecule has 0 spiro atoms. The molecule has 1 atom stereocenters. The van der Waals surface area contributed by atoms with Gasteiger partial charge in [-0.1, -0.05) is 84.9 Å². The van der Waals surface area contributed by atoms with Gasteiger partial charge in [0, 0.05) is 36.1 Å². The SMILES string of the molecule is O=C(NCc1cccs1)[C@H]1CN(C(=O)C(c2ccccc2)c2ccccc2)CCN1S(=O)(=O)c1cccc2cccnc12. The molecule has 1 N–H and O–H groups in total. The number of carbonyl (C=O) groups excluding carboxylic acids is 2. The van der Waals surface area contributed by atoms with Crippen molar-refractivity contribution in [1.82, 2.24) is 19.5 Å². The lowest BCUT2D eigenvalue weighted by atomic mass is 9.89. The number of fused-ring (bicyclic) bond motifs is 1. The molecule has 2 amide bonds. The molecule has 10 heteroatoms. The first kappa shape index (κ1) is 28.7. The number of benzene rings is 3. The van der Waals surface area contributed by atoms with Gasteiger partial charge < -0.3 is 10.2 Å². The maximum atomic E-state index is 14.2. The number of hydrogen-bond donors (Lipinski definition) is 1. The highest BCUT2D eigenvalue weighted by atomic mass is 32.2. The Labute approximate surface area is 254 Å². The summed E-state index contributed by atoms with van der Waals surface area (Å²) in [6, 6.07) is 30.2. The van der Waals surface area contributed by atoms with Crippen LogP contribution in [0.1, 0.15) is 21.9 Å². The molecule has 0 radical (unpaired) electrons. The Kier molecular flexibility index (Phi) is 8.33. The predicted molar refractivity (Wildman–Crippen MR) is 167 cm³/mol. The number of para-hydroxylation sites is 1. The Hall–Kier alpha value is -4.38. The quantitative estimate of drug-likeness (QED) is 0.276. The van der Waals surface area contributed by atoms with Crippen LogP contribution in [0.25, 0.3) is 10.9 Å². The van der Waals surface area contributed by atoms with E-state index < -0.39 is 27.9 Å². The van der Waals surface area contributed by atoms with Crippen molar-refractivity contribution in [3.63, 3.8) is 0 Å². The van der Waals surface area contributed by atoms with Gasteiger partial charge in [0.15, 0.2) is 0 Å². The standard InChI is InChI=1S/C33H30N4O4S2/c38-32(35-22-27-16-9-21-42-27)28-23-36(33(39)30(24-10-3-1-4-11-24)25-12-5-2-6-13-25)19-20-37(28)43(40,41)29-17-7-14-26-15-8-18-34-31(26)29/h1-18,21,28,30H,19-20,22-23H2,(H,35,38)/t28-/m1/s1. The summed E-state index contributed by atoms with van der Waals surface area (Å²) in [5, 5.41) is 5.51. The molecular weight excluding hydrogens is 581 g/mol. The van der Waals surface area contributed by atoms with Crippen molar-refractivity contribution >= 4 is 44.1 Å². The van der Waals surface area contributed by atoms with E-state index in [1.54, 1.807) is 35.4 Å². The third-order valence-corrected chi connectivity index (χ3v) is 10.5. The van der Waals surface area contributed by atoms with Crippen molar-refractivity contribution in [1.29, 1.82) is 0 Å². The van der Waals surface area contributed by atoms with Gasteiger partial charge >= 0.3 is 0 Å². The molecule has 5 aromatic rings. The minimum atomic E-state index is -4.15. The molecule has 0 unspecified atom stereocenters. The van der Waals surface area contributed by atoms with Gasteiger partial charge in [-0.3, -0.25) is 14.6 Å². The Morgan fingerprint density at radius 1 is 0.860 bits per heavy atom. The highest BCUT2D eigenvalue weighted by Gasteiger charge is 2.43. The summed E-state index contributed by atoms with van der Waals surface area (Å²) in [6.07, 6.45) is 1.55. The fourth-order valence-corrected chi connectivity index (χ4v) is 7.92. The first-order valence-electron chi connectivity index (χ1n) is 14.0. The van der Waals surface area contributed by atoms with E-state index in [1.807, 2.05) is 78.2 Å². The first-order chi connectivity index (χ1) is 20.9. The second-order valence-corrected chi connectivity index (χ2v) is 13.2. The minimum absolute atomic E-state index is 0.0351. The summed E-state index contributed by atoms with van der Waals surface area (Å²) in [5.41, 5.74) is 2.00. The van der Waals surface area contributed by atoms with Crippen LogP contribution in [0.15, 0.2) is 120 Å². The summed E-state index contributed by atoms with van der Waals surface area (Å²) in [7, 11) is -4.15. The van der Waals surface area contributed by atoms with E-state index in [-0.39, 0.29) is 37.0 Å². The molecule has 0 bridgehead atoms. The number of rotatable bonds is 8. The molecule has 218 valence electrons. The smallest absolute Gasteiger partial charge is 0.246 e. The molecule has 3 aromatic carbocycles. The topological polar surface area (TPSA) is 99.7 Å². The van der Waals surface area contributed by atoms with Crippen LogP contribution in [0.4, 0.5) is 0 Å². The van der Waals surface area contributed by atoms with Crippen molar-refractivity contribution in [2.24, 2.45) is 0 Å². The van der Waals surface area contributed by atoms with Gasteiger partial charge in [0.2, 0.25) is 21.8 Å². The number of aromatic nitrogens is 1. The number of carbonyl (C=O) groups is 2. The second-order valence-electron chi connectivity index (χ2n) is 10.3. The number of amides is 2.